The summed E-state index contributed by atoms with van der Waals surface area (Å²) in [6.07, 6.45) is -0.790. The van der Waals surface area contributed by atoms with Crippen molar-refractivity contribution in [3.05, 3.63) is 83.7 Å². The highest BCUT2D eigenvalue weighted by Gasteiger charge is 2.16. The first-order valence-corrected chi connectivity index (χ1v) is 9.65. The number of anilines is 2. The van der Waals surface area contributed by atoms with Gasteiger partial charge in [0, 0.05) is 11.3 Å². The fourth-order valence-corrected chi connectivity index (χ4v) is 2.83. The fourth-order valence-electron chi connectivity index (χ4n) is 2.83. The Labute approximate surface area is 180 Å². The molecule has 3 rings (SSSR count). The lowest BCUT2D eigenvalue weighted by molar-refractivity contribution is -0.122. The van der Waals surface area contributed by atoms with E-state index in [4.69, 9.17) is 9.47 Å². The predicted molar refractivity (Wildman–Crippen MR) is 117 cm³/mol. The van der Waals surface area contributed by atoms with Crippen LogP contribution in [0.4, 0.5) is 15.8 Å². The highest BCUT2D eigenvalue weighted by molar-refractivity contribution is 6.05. The molecule has 0 fully saturated rings. The van der Waals surface area contributed by atoms with Crippen LogP contribution < -0.4 is 20.1 Å². The van der Waals surface area contributed by atoms with E-state index >= 15 is 0 Å². The molecule has 160 valence electrons. The van der Waals surface area contributed by atoms with Crippen LogP contribution in [0.15, 0.2) is 66.7 Å². The van der Waals surface area contributed by atoms with E-state index in [1.165, 1.54) is 24.3 Å². The summed E-state index contributed by atoms with van der Waals surface area (Å²) < 4.78 is 23.9. The van der Waals surface area contributed by atoms with Crippen LogP contribution in [0.25, 0.3) is 0 Å². The van der Waals surface area contributed by atoms with E-state index in [2.05, 4.69) is 10.6 Å². The summed E-state index contributed by atoms with van der Waals surface area (Å²) in [5.74, 6) is -0.0453. The van der Waals surface area contributed by atoms with E-state index in [0.717, 1.165) is 5.56 Å². The maximum atomic E-state index is 13.0. The van der Waals surface area contributed by atoms with Gasteiger partial charge in [0.2, 0.25) is 0 Å². The van der Waals surface area contributed by atoms with E-state index < -0.39 is 6.10 Å². The lowest BCUT2D eigenvalue weighted by Gasteiger charge is -2.15. The van der Waals surface area contributed by atoms with E-state index in [9.17, 15) is 14.0 Å². The average Bonchev–Trinajstić information content (AvgIpc) is 2.76. The third-order valence-electron chi connectivity index (χ3n) is 4.51. The van der Waals surface area contributed by atoms with E-state index in [-0.39, 0.29) is 17.6 Å². The van der Waals surface area contributed by atoms with Crippen molar-refractivity contribution in [2.24, 2.45) is 0 Å². The van der Waals surface area contributed by atoms with E-state index in [1.807, 2.05) is 19.1 Å². The van der Waals surface area contributed by atoms with Crippen molar-refractivity contribution in [1.29, 1.82) is 0 Å². The van der Waals surface area contributed by atoms with Crippen LogP contribution in [-0.4, -0.2) is 25.0 Å². The number of rotatable bonds is 7. The molecule has 1 atom stereocenters. The van der Waals surface area contributed by atoms with Crippen molar-refractivity contribution >= 4 is 23.2 Å². The molecular formula is C24H23FN2O4. The second-order valence-electron chi connectivity index (χ2n) is 6.94. The van der Waals surface area contributed by atoms with Crippen LogP contribution in [0.2, 0.25) is 0 Å². The lowest BCUT2D eigenvalue weighted by atomic mass is 10.1. The molecule has 0 radical (unpaired) electrons. The molecule has 1 unspecified atom stereocenters. The second kappa shape index (κ2) is 9.75. The van der Waals surface area contributed by atoms with Gasteiger partial charge in [-0.1, -0.05) is 6.07 Å². The molecule has 0 aliphatic heterocycles. The molecule has 0 aliphatic carbocycles. The van der Waals surface area contributed by atoms with Crippen molar-refractivity contribution in [3.63, 3.8) is 0 Å². The zero-order valence-corrected chi connectivity index (χ0v) is 17.4. The summed E-state index contributed by atoms with van der Waals surface area (Å²) in [4.78, 5) is 24.8. The summed E-state index contributed by atoms with van der Waals surface area (Å²) in [6, 6.07) is 17.4. The molecule has 0 spiro atoms. The SMILES string of the molecule is COc1ccc(C)cc1NC(=O)c1ccc(OC(C)C(=O)Nc2ccc(F)cc2)cc1. The maximum Gasteiger partial charge on any atom is 0.265 e. The summed E-state index contributed by atoms with van der Waals surface area (Å²) in [6.45, 7) is 3.53. The number of methoxy groups -OCH3 is 1. The van der Waals surface area contributed by atoms with E-state index in [0.29, 0.717) is 28.4 Å². The normalized spacial score (nSPS) is 11.4. The molecule has 3 aromatic carbocycles. The standard InChI is InChI=1S/C24H23FN2O4/c1-15-4-13-22(30-3)21(14-15)27-24(29)17-5-11-20(12-6-17)31-16(2)23(28)26-19-9-7-18(25)8-10-19/h4-14,16H,1-3H3,(H,26,28)(H,27,29). The zero-order valence-electron chi connectivity index (χ0n) is 17.4. The fraction of sp³-hybridized carbons (Fsp3) is 0.167. The van der Waals surface area contributed by atoms with Crippen LogP contribution in [0, 0.1) is 12.7 Å². The smallest absolute Gasteiger partial charge is 0.265 e. The molecule has 0 bridgehead atoms. The molecule has 31 heavy (non-hydrogen) atoms. The molecule has 0 aliphatic rings. The molecule has 7 heteroatoms. The van der Waals surface area contributed by atoms with Crippen molar-refractivity contribution in [1.82, 2.24) is 0 Å². The Bertz CT molecular complexity index is 1070. The number of halogens is 1. The molecular weight excluding hydrogens is 399 g/mol. The van der Waals surface area contributed by atoms with Gasteiger partial charge in [-0.3, -0.25) is 9.59 Å². The second-order valence-corrected chi connectivity index (χ2v) is 6.94. The molecule has 6 nitrogen and oxygen atoms in total. The van der Waals surface area contributed by atoms with Gasteiger partial charge in [-0.15, -0.1) is 0 Å². The highest BCUT2D eigenvalue weighted by atomic mass is 19.1. The number of benzene rings is 3. The van der Waals surface area contributed by atoms with Gasteiger partial charge in [0.1, 0.15) is 17.3 Å². The first-order valence-electron chi connectivity index (χ1n) is 9.65. The van der Waals surface area contributed by atoms with E-state index in [1.54, 1.807) is 44.4 Å². The first-order chi connectivity index (χ1) is 14.9. The Balaban J connectivity index is 1.60. The molecule has 2 amide bonds. The van der Waals surface area contributed by atoms with Crippen LogP contribution in [-0.2, 0) is 4.79 Å². The van der Waals surface area contributed by atoms with Gasteiger partial charge in [0.25, 0.3) is 11.8 Å². The molecule has 2 N–H and O–H groups in total. The summed E-state index contributed by atoms with van der Waals surface area (Å²) >= 11 is 0. The van der Waals surface area contributed by atoms with Gasteiger partial charge in [-0.25, -0.2) is 4.39 Å². The minimum Gasteiger partial charge on any atom is -0.495 e. The monoisotopic (exact) mass is 422 g/mol. The summed E-state index contributed by atoms with van der Waals surface area (Å²) in [5, 5.41) is 5.49. The highest BCUT2D eigenvalue weighted by Crippen LogP contribution is 2.26. The number of amides is 2. The van der Waals surface area contributed by atoms with Gasteiger partial charge < -0.3 is 20.1 Å². The third-order valence-corrected chi connectivity index (χ3v) is 4.51. The Kier molecular flexibility index (Phi) is 6.87. The number of hydrogen-bond acceptors (Lipinski definition) is 4. The molecule has 3 aromatic rings. The quantitative estimate of drug-likeness (QED) is 0.573. The Morgan fingerprint density at radius 2 is 1.61 bits per heavy atom. The van der Waals surface area contributed by atoms with Gasteiger partial charge in [-0.2, -0.15) is 0 Å². The Morgan fingerprint density at radius 1 is 0.935 bits per heavy atom. The van der Waals surface area contributed by atoms with Crippen LogP contribution >= 0.6 is 0 Å². The minimum atomic E-state index is -0.790. The predicted octanol–water partition coefficient (Wildman–Crippen LogP) is 4.80. The minimum absolute atomic E-state index is 0.294. The van der Waals surface area contributed by atoms with Gasteiger partial charge in [0.15, 0.2) is 6.10 Å². The topological polar surface area (TPSA) is 76.7 Å². The lowest BCUT2D eigenvalue weighted by Crippen LogP contribution is -2.30. The number of hydrogen-bond donors (Lipinski definition) is 2. The average molecular weight is 422 g/mol. The number of aryl methyl sites for hydroxylation is 1. The maximum absolute atomic E-state index is 13.0. The number of ether oxygens (including phenoxy) is 2. The largest absolute Gasteiger partial charge is 0.495 e. The van der Waals surface area contributed by atoms with Crippen molar-refractivity contribution in [3.8, 4) is 11.5 Å². The van der Waals surface area contributed by atoms with Crippen molar-refractivity contribution in [2.75, 3.05) is 17.7 Å². The van der Waals surface area contributed by atoms with Gasteiger partial charge >= 0.3 is 0 Å². The number of carbonyl (C=O) groups is 2. The molecule has 0 aromatic heterocycles. The molecule has 0 saturated carbocycles. The van der Waals surface area contributed by atoms with Crippen LogP contribution in [0.1, 0.15) is 22.8 Å². The summed E-state index contributed by atoms with van der Waals surface area (Å²) in [7, 11) is 1.54. The number of nitrogens with one attached hydrogen (secondary N) is 2. The van der Waals surface area contributed by atoms with Crippen molar-refractivity contribution < 1.29 is 23.5 Å². The number of carbonyl (C=O) groups excluding carboxylic acids is 2. The molecule has 0 saturated heterocycles. The molecule has 0 heterocycles. The van der Waals surface area contributed by atoms with Gasteiger partial charge in [-0.05, 0) is 80.1 Å². The van der Waals surface area contributed by atoms with Crippen LogP contribution in [0.5, 0.6) is 11.5 Å². The Morgan fingerprint density at radius 3 is 2.26 bits per heavy atom. The summed E-state index contributed by atoms with van der Waals surface area (Å²) in [5.41, 5.74) is 2.48. The first kappa shape index (κ1) is 21.8. The van der Waals surface area contributed by atoms with Gasteiger partial charge in [0.05, 0.1) is 12.8 Å². The van der Waals surface area contributed by atoms with Crippen molar-refractivity contribution in [2.45, 2.75) is 20.0 Å². The van der Waals surface area contributed by atoms with Crippen LogP contribution in [0.3, 0.4) is 0 Å². The third kappa shape index (κ3) is 5.82. The Hall–Kier alpha value is -3.87. The zero-order chi connectivity index (χ0) is 22.4.